The monoisotopic (exact) mass is 174 g/mol. The summed E-state index contributed by atoms with van der Waals surface area (Å²) in [5.74, 6) is -0.843. The Labute approximate surface area is 71.3 Å². The molecule has 0 aromatic rings. The van der Waals surface area contributed by atoms with E-state index in [2.05, 4.69) is 5.29 Å². The lowest BCUT2D eigenvalue weighted by atomic mass is 10.3. The highest BCUT2D eigenvalue weighted by atomic mass is 16.4. The number of carboxylic acid groups (broad SMARTS) is 1. The largest absolute Gasteiger partial charge is 0.481 e. The molecule has 5 heteroatoms. The molecule has 0 aromatic carbocycles. The number of carbonyl (C=O) groups is 1. The molecule has 0 fully saturated rings. The third-order valence-electron chi connectivity index (χ3n) is 1.48. The summed E-state index contributed by atoms with van der Waals surface area (Å²) in [5.41, 5.74) is 0. The summed E-state index contributed by atoms with van der Waals surface area (Å²) < 4.78 is 0. The number of aliphatic carboxylic acids is 1. The first kappa shape index (κ1) is 10.9. The summed E-state index contributed by atoms with van der Waals surface area (Å²) in [6, 6.07) is 0.0382. The lowest BCUT2D eigenvalue weighted by molar-refractivity contribution is -0.137. The summed E-state index contributed by atoms with van der Waals surface area (Å²) in [6.45, 7) is 4.08. The second kappa shape index (κ2) is 5.51. The molecule has 0 aliphatic rings. The summed E-state index contributed by atoms with van der Waals surface area (Å²) in [6.07, 6.45) is 0.540. The Bertz CT molecular complexity index is 159. The van der Waals surface area contributed by atoms with E-state index in [-0.39, 0.29) is 12.5 Å². The zero-order chi connectivity index (χ0) is 9.56. The highest BCUT2D eigenvalue weighted by molar-refractivity contribution is 5.66. The first-order valence-electron chi connectivity index (χ1n) is 3.89. The van der Waals surface area contributed by atoms with Gasteiger partial charge in [0.25, 0.3) is 0 Å². The van der Waals surface area contributed by atoms with Crippen molar-refractivity contribution in [1.29, 1.82) is 0 Å². The fourth-order valence-electron chi connectivity index (χ4n) is 0.786. The molecule has 0 aromatic heterocycles. The third kappa shape index (κ3) is 4.65. The Balaban J connectivity index is 3.58. The van der Waals surface area contributed by atoms with E-state index < -0.39 is 5.97 Å². The number of nitrogens with zero attached hydrogens (tertiary/aromatic N) is 2. The van der Waals surface area contributed by atoms with Gasteiger partial charge in [-0.3, -0.25) is 9.80 Å². The van der Waals surface area contributed by atoms with Gasteiger partial charge < -0.3 is 5.11 Å². The first-order chi connectivity index (χ1) is 5.57. The molecule has 0 spiro atoms. The Morgan fingerprint density at radius 1 is 1.58 bits per heavy atom. The Morgan fingerprint density at radius 2 is 2.17 bits per heavy atom. The van der Waals surface area contributed by atoms with Crippen molar-refractivity contribution in [3.8, 4) is 0 Å². The molecule has 70 valence electrons. The fraction of sp³-hybridized carbons (Fsp3) is 0.857. The van der Waals surface area contributed by atoms with Gasteiger partial charge in [0.1, 0.15) is 0 Å². The van der Waals surface area contributed by atoms with Gasteiger partial charge in [0.05, 0.1) is 5.29 Å². The molecule has 0 heterocycles. The molecule has 0 radical (unpaired) electrons. The predicted octanol–water partition coefficient (Wildman–Crippen LogP) is 1.24. The topological polar surface area (TPSA) is 70.0 Å². The van der Waals surface area contributed by atoms with Crippen molar-refractivity contribution >= 4 is 5.97 Å². The second-order valence-electron chi connectivity index (χ2n) is 2.84. The molecular weight excluding hydrogens is 160 g/mol. The number of nitroso groups, excluding NO2 is 1. The lowest BCUT2D eigenvalue weighted by Gasteiger charge is -2.18. The van der Waals surface area contributed by atoms with Crippen LogP contribution < -0.4 is 0 Å². The molecule has 0 unspecified atom stereocenters. The van der Waals surface area contributed by atoms with Crippen LogP contribution in [0.15, 0.2) is 5.29 Å². The van der Waals surface area contributed by atoms with Crippen LogP contribution in [0.2, 0.25) is 0 Å². The molecule has 0 aliphatic carbocycles. The smallest absolute Gasteiger partial charge is 0.303 e. The first-order valence-corrected chi connectivity index (χ1v) is 3.89. The minimum atomic E-state index is -0.843. The second-order valence-corrected chi connectivity index (χ2v) is 2.84. The van der Waals surface area contributed by atoms with Crippen molar-refractivity contribution in [2.24, 2.45) is 5.29 Å². The summed E-state index contributed by atoms with van der Waals surface area (Å²) in [7, 11) is 0. The Morgan fingerprint density at radius 3 is 2.50 bits per heavy atom. The predicted molar refractivity (Wildman–Crippen MR) is 44.5 cm³/mol. The minimum Gasteiger partial charge on any atom is -0.481 e. The van der Waals surface area contributed by atoms with Crippen LogP contribution in [0.3, 0.4) is 0 Å². The molecule has 0 rings (SSSR count). The van der Waals surface area contributed by atoms with Crippen LogP contribution in [0.5, 0.6) is 0 Å². The minimum absolute atomic E-state index is 0.0382. The van der Waals surface area contributed by atoms with E-state index in [4.69, 9.17) is 5.11 Å². The molecule has 0 saturated carbocycles. The molecule has 5 nitrogen and oxygen atoms in total. The van der Waals surface area contributed by atoms with Crippen molar-refractivity contribution in [3.63, 3.8) is 0 Å². The van der Waals surface area contributed by atoms with Crippen molar-refractivity contribution in [2.45, 2.75) is 32.7 Å². The van der Waals surface area contributed by atoms with E-state index in [9.17, 15) is 9.70 Å². The molecule has 1 N–H and O–H groups in total. The fourth-order valence-corrected chi connectivity index (χ4v) is 0.786. The van der Waals surface area contributed by atoms with Gasteiger partial charge in [0, 0.05) is 19.0 Å². The number of hydrogen-bond acceptors (Lipinski definition) is 3. The molecular formula is C7H14N2O3. The summed E-state index contributed by atoms with van der Waals surface area (Å²) >= 11 is 0. The van der Waals surface area contributed by atoms with E-state index in [1.807, 2.05) is 13.8 Å². The molecule has 12 heavy (non-hydrogen) atoms. The van der Waals surface area contributed by atoms with Gasteiger partial charge in [-0.25, -0.2) is 0 Å². The number of hydrogen-bond donors (Lipinski definition) is 1. The van der Waals surface area contributed by atoms with Crippen LogP contribution in [-0.4, -0.2) is 28.7 Å². The standard InChI is InChI=1S/C7H14N2O3/c1-6(2)9(8-12)5-3-4-7(10)11/h6H,3-5H2,1-2H3,(H,10,11). The maximum atomic E-state index is 10.2. The van der Waals surface area contributed by atoms with Crippen molar-refractivity contribution in [1.82, 2.24) is 5.01 Å². The zero-order valence-corrected chi connectivity index (χ0v) is 7.36. The van der Waals surface area contributed by atoms with Crippen LogP contribution in [0.25, 0.3) is 0 Å². The van der Waals surface area contributed by atoms with Gasteiger partial charge in [0.2, 0.25) is 0 Å². The van der Waals surface area contributed by atoms with Crippen LogP contribution in [0.1, 0.15) is 26.7 Å². The van der Waals surface area contributed by atoms with Crippen LogP contribution in [0, 0.1) is 4.91 Å². The lowest BCUT2D eigenvalue weighted by Crippen LogP contribution is -2.26. The maximum Gasteiger partial charge on any atom is 0.303 e. The average molecular weight is 174 g/mol. The molecule has 0 amide bonds. The van der Waals surface area contributed by atoms with Crippen LogP contribution >= 0.6 is 0 Å². The Hall–Kier alpha value is -1.13. The van der Waals surface area contributed by atoms with Gasteiger partial charge >= 0.3 is 5.97 Å². The van der Waals surface area contributed by atoms with Gasteiger partial charge in [-0.15, -0.1) is 4.91 Å². The normalized spacial score (nSPS) is 9.92. The van der Waals surface area contributed by atoms with Crippen molar-refractivity contribution in [2.75, 3.05) is 6.54 Å². The third-order valence-corrected chi connectivity index (χ3v) is 1.48. The summed E-state index contributed by atoms with van der Waals surface area (Å²) in [5, 5.41) is 12.4. The Kier molecular flexibility index (Phi) is 4.99. The molecule has 0 aliphatic heterocycles. The highest BCUT2D eigenvalue weighted by Gasteiger charge is 2.07. The van der Waals surface area contributed by atoms with E-state index in [1.165, 1.54) is 5.01 Å². The number of carboxylic acids is 1. The van der Waals surface area contributed by atoms with E-state index in [0.29, 0.717) is 13.0 Å². The maximum absolute atomic E-state index is 10.2. The van der Waals surface area contributed by atoms with Crippen molar-refractivity contribution < 1.29 is 9.90 Å². The van der Waals surface area contributed by atoms with Gasteiger partial charge in [-0.05, 0) is 20.3 Å². The number of rotatable bonds is 6. The van der Waals surface area contributed by atoms with Gasteiger partial charge in [-0.1, -0.05) is 0 Å². The van der Waals surface area contributed by atoms with Gasteiger partial charge in [-0.2, -0.15) is 0 Å². The van der Waals surface area contributed by atoms with Gasteiger partial charge in [0.15, 0.2) is 0 Å². The average Bonchev–Trinajstić information content (AvgIpc) is 1.96. The molecule has 0 atom stereocenters. The van der Waals surface area contributed by atoms with E-state index in [1.54, 1.807) is 0 Å². The van der Waals surface area contributed by atoms with E-state index >= 15 is 0 Å². The summed E-state index contributed by atoms with van der Waals surface area (Å²) in [4.78, 5) is 20.3. The van der Waals surface area contributed by atoms with Crippen LogP contribution in [0.4, 0.5) is 0 Å². The SMILES string of the molecule is CC(C)N(CCCC(=O)O)N=O. The van der Waals surface area contributed by atoms with Crippen molar-refractivity contribution in [3.05, 3.63) is 4.91 Å². The zero-order valence-electron chi connectivity index (χ0n) is 7.36. The van der Waals surface area contributed by atoms with E-state index in [0.717, 1.165) is 0 Å². The van der Waals surface area contributed by atoms with Crippen LogP contribution in [-0.2, 0) is 4.79 Å². The highest BCUT2D eigenvalue weighted by Crippen LogP contribution is 2.01. The molecule has 0 saturated heterocycles. The quantitative estimate of drug-likeness (QED) is 0.486. The molecule has 0 bridgehead atoms.